The van der Waals surface area contributed by atoms with Crippen LogP contribution in [0.5, 0.6) is 0 Å². The predicted molar refractivity (Wildman–Crippen MR) is 92.1 cm³/mol. The van der Waals surface area contributed by atoms with Gasteiger partial charge in [0.05, 0.1) is 29.5 Å². The summed E-state index contributed by atoms with van der Waals surface area (Å²) >= 11 is 0. The molecule has 0 fully saturated rings. The SMILES string of the molecule is Cc1cc2nc(-c3n[nH]c4c3CCN(S(C)(=O)=O)C4)[nH]c2cc1C. The Balaban J connectivity index is 1.76. The number of nitrogens with one attached hydrogen (secondary N) is 2. The van der Waals surface area contributed by atoms with E-state index in [4.69, 9.17) is 0 Å². The number of imidazole rings is 1. The van der Waals surface area contributed by atoms with Crippen LogP contribution in [0.3, 0.4) is 0 Å². The van der Waals surface area contributed by atoms with Crippen molar-refractivity contribution in [3.63, 3.8) is 0 Å². The first-order valence-corrected chi connectivity index (χ1v) is 9.66. The number of benzene rings is 1. The van der Waals surface area contributed by atoms with E-state index in [2.05, 4.69) is 46.1 Å². The Hall–Kier alpha value is -2.19. The molecule has 0 saturated carbocycles. The van der Waals surface area contributed by atoms with Crippen molar-refractivity contribution in [3.05, 3.63) is 34.5 Å². The zero-order valence-electron chi connectivity index (χ0n) is 13.8. The van der Waals surface area contributed by atoms with E-state index in [0.29, 0.717) is 19.5 Å². The maximum Gasteiger partial charge on any atom is 0.211 e. The van der Waals surface area contributed by atoms with E-state index in [1.54, 1.807) is 0 Å². The molecule has 8 heteroatoms. The van der Waals surface area contributed by atoms with Crippen LogP contribution in [-0.2, 0) is 23.0 Å². The second kappa shape index (κ2) is 5.15. The molecule has 0 radical (unpaired) electrons. The highest BCUT2D eigenvalue weighted by atomic mass is 32.2. The van der Waals surface area contributed by atoms with Crippen molar-refractivity contribution in [3.8, 4) is 11.5 Å². The summed E-state index contributed by atoms with van der Waals surface area (Å²) in [7, 11) is -3.19. The Morgan fingerprint density at radius 2 is 1.96 bits per heavy atom. The van der Waals surface area contributed by atoms with E-state index < -0.39 is 10.0 Å². The molecule has 3 aromatic rings. The zero-order valence-corrected chi connectivity index (χ0v) is 14.7. The number of aryl methyl sites for hydroxylation is 2. The fraction of sp³-hybridized carbons (Fsp3) is 0.375. The van der Waals surface area contributed by atoms with Crippen molar-refractivity contribution in [2.45, 2.75) is 26.8 Å². The Morgan fingerprint density at radius 1 is 1.21 bits per heavy atom. The summed E-state index contributed by atoms with van der Waals surface area (Å²) in [5.74, 6) is 0.723. The van der Waals surface area contributed by atoms with Gasteiger partial charge in [0.2, 0.25) is 10.0 Å². The van der Waals surface area contributed by atoms with Crippen molar-refractivity contribution in [2.75, 3.05) is 12.8 Å². The lowest BCUT2D eigenvalue weighted by atomic mass is 10.1. The number of aromatic nitrogens is 4. The first-order valence-electron chi connectivity index (χ1n) is 7.81. The maximum atomic E-state index is 11.7. The molecule has 24 heavy (non-hydrogen) atoms. The molecule has 3 heterocycles. The third-order valence-corrected chi connectivity index (χ3v) is 5.94. The van der Waals surface area contributed by atoms with Crippen LogP contribution in [0.1, 0.15) is 22.4 Å². The summed E-state index contributed by atoms with van der Waals surface area (Å²) in [5.41, 5.74) is 6.98. The molecule has 0 saturated heterocycles. The van der Waals surface area contributed by atoms with E-state index in [1.807, 2.05) is 0 Å². The van der Waals surface area contributed by atoms with Gasteiger partial charge >= 0.3 is 0 Å². The van der Waals surface area contributed by atoms with Crippen LogP contribution >= 0.6 is 0 Å². The number of sulfonamides is 1. The minimum atomic E-state index is -3.19. The van der Waals surface area contributed by atoms with Gasteiger partial charge in [0.25, 0.3) is 0 Å². The molecule has 7 nitrogen and oxygen atoms in total. The molecule has 0 aliphatic carbocycles. The Kier molecular flexibility index (Phi) is 3.29. The summed E-state index contributed by atoms with van der Waals surface area (Å²) in [4.78, 5) is 8.00. The van der Waals surface area contributed by atoms with Gasteiger partial charge in [-0.1, -0.05) is 0 Å². The van der Waals surface area contributed by atoms with Crippen LogP contribution in [0.2, 0.25) is 0 Å². The normalized spacial score (nSPS) is 15.8. The minimum absolute atomic E-state index is 0.333. The lowest BCUT2D eigenvalue weighted by Gasteiger charge is -2.24. The van der Waals surface area contributed by atoms with Crippen LogP contribution in [0.4, 0.5) is 0 Å². The molecule has 0 amide bonds. The topological polar surface area (TPSA) is 94.7 Å². The highest BCUT2D eigenvalue weighted by Crippen LogP contribution is 2.29. The summed E-state index contributed by atoms with van der Waals surface area (Å²) < 4.78 is 24.9. The molecular formula is C16H19N5O2S. The molecule has 2 N–H and O–H groups in total. The molecule has 0 atom stereocenters. The highest BCUT2D eigenvalue weighted by Gasteiger charge is 2.28. The van der Waals surface area contributed by atoms with E-state index in [1.165, 1.54) is 21.7 Å². The summed E-state index contributed by atoms with van der Waals surface area (Å²) in [6.45, 7) is 4.95. The molecule has 1 aliphatic rings. The van der Waals surface area contributed by atoms with E-state index in [0.717, 1.165) is 33.8 Å². The smallest absolute Gasteiger partial charge is 0.211 e. The molecule has 2 aromatic heterocycles. The molecule has 1 aromatic carbocycles. The van der Waals surface area contributed by atoms with Gasteiger partial charge in [0, 0.05) is 12.1 Å². The Labute approximate surface area is 140 Å². The fourth-order valence-electron chi connectivity index (χ4n) is 3.15. The Bertz CT molecular complexity index is 1010. The largest absolute Gasteiger partial charge is 0.337 e. The van der Waals surface area contributed by atoms with E-state index >= 15 is 0 Å². The van der Waals surface area contributed by atoms with Gasteiger partial charge in [-0.25, -0.2) is 13.4 Å². The van der Waals surface area contributed by atoms with Crippen LogP contribution in [0.25, 0.3) is 22.6 Å². The van der Waals surface area contributed by atoms with Crippen LogP contribution in [0, 0.1) is 13.8 Å². The number of aromatic amines is 2. The molecule has 4 rings (SSSR count). The number of hydrogen-bond donors (Lipinski definition) is 2. The summed E-state index contributed by atoms with van der Waals surface area (Å²) in [6.07, 6.45) is 1.86. The van der Waals surface area contributed by atoms with Crippen LogP contribution in [-0.4, -0.2) is 45.7 Å². The second-order valence-electron chi connectivity index (χ2n) is 6.41. The number of H-pyrrole nitrogens is 2. The lowest BCUT2D eigenvalue weighted by Crippen LogP contribution is -2.35. The van der Waals surface area contributed by atoms with Gasteiger partial charge < -0.3 is 4.98 Å². The standard InChI is InChI=1S/C16H19N5O2S/c1-9-6-12-13(7-10(9)2)18-16(17-12)15-11-4-5-21(24(3,22)23)8-14(11)19-20-15/h6-7H,4-5,8H2,1-3H3,(H,17,18)(H,19,20). The average molecular weight is 345 g/mol. The number of rotatable bonds is 2. The van der Waals surface area contributed by atoms with E-state index in [-0.39, 0.29) is 0 Å². The molecule has 0 unspecified atom stereocenters. The van der Waals surface area contributed by atoms with Crippen LogP contribution < -0.4 is 0 Å². The van der Waals surface area contributed by atoms with Crippen molar-refractivity contribution >= 4 is 21.1 Å². The zero-order chi connectivity index (χ0) is 17.1. The highest BCUT2D eigenvalue weighted by molar-refractivity contribution is 7.88. The van der Waals surface area contributed by atoms with Crippen molar-refractivity contribution < 1.29 is 8.42 Å². The lowest BCUT2D eigenvalue weighted by molar-refractivity contribution is 0.391. The van der Waals surface area contributed by atoms with Crippen molar-refractivity contribution in [2.24, 2.45) is 0 Å². The number of fused-ring (bicyclic) bond motifs is 2. The van der Waals surface area contributed by atoms with Gasteiger partial charge in [-0.05, 0) is 43.5 Å². The molecule has 1 aliphatic heterocycles. The summed E-state index contributed by atoms with van der Waals surface area (Å²) in [5, 5.41) is 7.36. The fourth-order valence-corrected chi connectivity index (χ4v) is 3.94. The summed E-state index contributed by atoms with van der Waals surface area (Å²) in [6, 6.07) is 4.15. The van der Waals surface area contributed by atoms with Gasteiger partial charge in [0.15, 0.2) is 5.82 Å². The average Bonchev–Trinajstić information content (AvgIpc) is 3.09. The first-order chi connectivity index (χ1) is 11.3. The number of nitrogens with zero attached hydrogens (tertiary/aromatic N) is 3. The minimum Gasteiger partial charge on any atom is -0.337 e. The molecular weight excluding hydrogens is 326 g/mol. The predicted octanol–water partition coefficient (Wildman–Crippen LogP) is 1.89. The monoisotopic (exact) mass is 345 g/mol. The van der Waals surface area contributed by atoms with Gasteiger partial charge in [-0.15, -0.1) is 0 Å². The molecule has 126 valence electrons. The third kappa shape index (κ3) is 2.42. The number of hydrogen-bond acceptors (Lipinski definition) is 4. The Morgan fingerprint density at radius 3 is 2.71 bits per heavy atom. The van der Waals surface area contributed by atoms with E-state index in [9.17, 15) is 8.42 Å². The van der Waals surface area contributed by atoms with Gasteiger partial charge in [-0.2, -0.15) is 9.40 Å². The van der Waals surface area contributed by atoms with Gasteiger partial charge in [0.1, 0.15) is 5.69 Å². The second-order valence-corrected chi connectivity index (χ2v) is 8.40. The van der Waals surface area contributed by atoms with Crippen LogP contribution in [0.15, 0.2) is 12.1 Å². The quantitative estimate of drug-likeness (QED) is 0.741. The third-order valence-electron chi connectivity index (χ3n) is 4.69. The molecule has 0 spiro atoms. The van der Waals surface area contributed by atoms with Gasteiger partial charge in [-0.3, -0.25) is 5.10 Å². The molecule has 0 bridgehead atoms. The maximum absolute atomic E-state index is 11.7. The first kappa shape index (κ1) is 15.3. The van der Waals surface area contributed by atoms with Crippen molar-refractivity contribution in [1.82, 2.24) is 24.5 Å². The van der Waals surface area contributed by atoms with Crippen molar-refractivity contribution in [1.29, 1.82) is 0 Å².